The number of carbonyl (C=O) groups is 1. The van der Waals surface area contributed by atoms with Crippen LogP contribution in [0.1, 0.15) is 23.1 Å². The fourth-order valence-electron chi connectivity index (χ4n) is 1.52. The van der Waals surface area contributed by atoms with Gasteiger partial charge in [-0.2, -0.15) is 0 Å². The Morgan fingerprint density at radius 1 is 1.38 bits per heavy atom. The third-order valence-corrected chi connectivity index (χ3v) is 2.22. The third-order valence-electron chi connectivity index (χ3n) is 2.22. The summed E-state index contributed by atoms with van der Waals surface area (Å²) < 4.78 is 4.94. The first-order valence-corrected chi connectivity index (χ1v) is 5.12. The van der Waals surface area contributed by atoms with Crippen LogP contribution in [0.4, 0.5) is 0 Å². The second-order valence-electron chi connectivity index (χ2n) is 3.40. The molecule has 0 atom stereocenters. The van der Waals surface area contributed by atoms with Crippen molar-refractivity contribution in [2.24, 2.45) is 0 Å². The van der Waals surface area contributed by atoms with Crippen LogP contribution >= 0.6 is 0 Å². The van der Waals surface area contributed by atoms with Gasteiger partial charge in [-0.3, -0.25) is 4.98 Å². The van der Waals surface area contributed by atoms with Crippen molar-refractivity contribution in [3.05, 3.63) is 35.8 Å². The maximum absolute atomic E-state index is 11.6. The van der Waals surface area contributed by atoms with Gasteiger partial charge in [0.25, 0.3) is 0 Å². The molecule has 82 valence electrons. The summed E-state index contributed by atoms with van der Waals surface area (Å²) in [6, 6.07) is 5.48. The lowest BCUT2D eigenvalue weighted by Crippen LogP contribution is -2.07. The lowest BCUT2D eigenvalue weighted by Gasteiger charge is -2.04. The summed E-state index contributed by atoms with van der Waals surface area (Å²) in [5, 5.41) is 0.728. The highest BCUT2D eigenvalue weighted by molar-refractivity contribution is 6.01. The Hall–Kier alpha value is -1.97. The molecule has 2 aromatic heterocycles. The number of hydrogen-bond donors (Lipinski definition) is 0. The Morgan fingerprint density at radius 3 is 2.94 bits per heavy atom. The second-order valence-corrected chi connectivity index (χ2v) is 3.40. The van der Waals surface area contributed by atoms with Gasteiger partial charge in [0.1, 0.15) is 0 Å². The highest BCUT2D eigenvalue weighted by Crippen LogP contribution is 2.16. The highest BCUT2D eigenvalue weighted by Gasteiger charge is 2.12. The van der Waals surface area contributed by atoms with Crippen LogP contribution in [-0.4, -0.2) is 22.5 Å². The highest BCUT2D eigenvalue weighted by atomic mass is 16.5. The summed E-state index contributed by atoms with van der Waals surface area (Å²) in [6.45, 7) is 4.02. The molecule has 0 aliphatic heterocycles. The lowest BCUT2D eigenvalue weighted by molar-refractivity contribution is 0.0522. The normalized spacial score (nSPS) is 10.4. The summed E-state index contributed by atoms with van der Waals surface area (Å²) in [7, 11) is 0. The molecule has 0 saturated heterocycles. The molecule has 0 fully saturated rings. The van der Waals surface area contributed by atoms with Gasteiger partial charge < -0.3 is 4.74 Å². The van der Waals surface area contributed by atoms with Gasteiger partial charge in [-0.05, 0) is 32.0 Å². The van der Waals surface area contributed by atoms with E-state index in [1.807, 2.05) is 19.1 Å². The minimum Gasteiger partial charge on any atom is -0.461 e. The Balaban J connectivity index is 2.58. The molecule has 4 heteroatoms. The van der Waals surface area contributed by atoms with Crippen molar-refractivity contribution in [1.82, 2.24) is 9.97 Å². The molecule has 0 aliphatic carbocycles. The van der Waals surface area contributed by atoms with Crippen LogP contribution in [-0.2, 0) is 4.74 Å². The van der Waals surface area contributed by atoms with Crippen molar-refractivity contribution in [3.63, 3.8) is 0 Å². The molecule has 0 aliphatic rings. The van der Waals surface area contributed by atoms with E-state index in [2.05, 4.69) is 9.97 Å². The van der Waals surface area contributed by atoms with Gasteiger partial charge in [0.15, 0.2) is 5.69 Å². The monoisotopic (exact) mass is 216 g/mol. The second kappa shape index (κ2) is 4.26. The third kappa shape index (κ3) is 1.86. The smallest absolute Gasteiger partial charge is 0.357 e. The number of hydrogen-bond acceptors (Lipinski definition) is 4. The number of carbonyl (C=O) groups excluding carboxylic acids is 1. The number of rotatable bonds is 2. The Kier molecular flexibility index (Phi) is 2.81. The van der Waals surface area contributed by atoms with Crippen molar-refractivity contribution < 1.29 is 9.53 Å². The van der Waals surface area contributed by atoms with E-state index in [0.717, 1.165) is 16.6 Å². The van der Waals surface area contributed by atoms with Crippen LogP contribution in [0.15, 0.2) is 24.4 Å². The van der Waals surface area contributed by atoms with Crippen LogP contribution in [0, 0.1) is 6.92 Å². The quantitative estimate of drug-likeness (QED) is 0.721. The summed E-state index contributed by atoms with van der Waals surface area (Å²) in [5.74, 6) is -0.404. The first-order chi connectivity index (χ1) is 7.72. The van der Waals surface area contributed by atoms with Crippen molar-refractivity contribution in [3.8, 4) is 0 Å². The predicted molar refractivity (Wildman–Crippen MR) is 60.2 cm³/mol. The van der Waals surface area contributed by atoms with Gasteiger partial charge in [-0.25, -0.2) is 9.78 Å². The van der Waals surface area contributed by atoms with Crippen molar-refractivity contribution >= 4 is 16.9 Å². The van der Waals surface area contributed by atoms with E-state index in [9.17, 15) is 4.79 Å². The van der Waals surface area contributed by atoms with Gasteiger partial charge in [0, 0.05) is 17.3 Å². The fraction of sp³-hybridized carbons (Fsp3) is 0.250. The van der Waals surface area contributed by atoms with Gasteiger partial charge in [0.2, 0.25) is 0 Å². The Labute approximate surface area is 93.3 Å². The average molecular weight is 216 g/mol. The SMILES string of the molecule is CCOC(=O)c1nccc2nc(C)ccc12. The molecule has 2 aromatic rings. The molecule has 0 unspecified atom stereocenters. The molecule has 0 aromatic carbocycles. The van der Waals surface area contributed by atoms with Crippen LogP contribution in [0.25, 0.3) is 10.9 Å². The lowest BCUT2D eigenvalue weighted by atomic mass is 10.2. The predicted octanol–water partition coefficient (Wildman–Crippen LogP) is 2.11. The molecular formula is C12H12N2O2. The van der Waals surface area contributed by atoms with Crippen LogP contribution in [0.2, 0.25) is 0 Å². The van der Waals surface area contributed by atoms with Crippen LogP contribution < -0.4 is 0 Å². The van der Waals surface area contributed by atoms with E-state index in [1.165, 1.54) is 0 Å². The van der Waals surface area contributed by atoms with Crippen molar-refractivity contribution in [2.75, 3.05) is 6.61 Å². The van der Waals surface area contributed by atoms with Gasteiger partial charge >= 0.3 is 5.97 Å². The molecule has 2 rings (SSSR count). The molecule has 2 heterocycles. The number of ether oxygens (including phenoxy) is 1. The maximum Gasteiger partial charge on any atom is 0.357 e. The van der Waals surface area contributed by atoms with E-state index >= 15 is 0 Å². The zero-order chi connectivity index (χ0) is 11.5. The van der Waals surface area contributed by atoms with Crippen LogP contribution in [0.5, 0.6) is 0 Å². The Morgan fingerprint density at radius 2 is 2.19 bits per heavy atom. The van der Waals surface area contributed by atoms with Gasteiger partial charge in [0.05, 0.1) is 12.1 Å². The largest absolute Gasteiger partial charge is 0.461 e. The zero-order valence-corrected chi connectivity index (χ0v) is 9.23. The number of aromatic nitrogens is 2. The fourth-order valence-corrected chi connectivity index (χ4v) is 1.52. The number of esters is 1. The molecule has 16 heavy (non-hydrogen) atoms. The molecule has 0 spiro atoms. The summed E-state index contributed by atoms with van der Waals surface area (Å²) >= 11 is 0. The molecule has 0 N–H and O–H groups in total. The zero-order valence-electron chi connectivity index (χ0n) is 9.23. The van der Waals surface area contributed by atoms with E-state index in [1.54, 1.807) is 19.2 Å². The van der Waals surface area contributed by atoms with Crippen molar-refractivity contribution in [1.29, 1.82) is 0 Å². The van der Waals surface area contributed by atoms with Gasteiger partial charge in [-0.1, -0.05) is 0 Å². The molecule has 0 radical (unpaired) electrons. The first kappa shape index (κ1) is 10.5. The number of fused-ring (bicyclic) bond motifs is 1. The summed E-state index contributed by atoms with van der Waals surface area (Å²) in [5.41, 5.74) is 2.00. The molecule has 0 bridgehead atoms. The first-order valence-electron chi connectivity index (χ1n) is 5.12. The molecule has 0 saturated carbocycles. The standard InChI is InChI=1S/C12H12N2O2/c1-3-16-12(15)11-9-5-4-8(2)14-10(9)6-7-13-11/h4-7H,3H2,1-2H3. The van der Waals surface area contributed by atoms with E-state index in [-0.39, 0.29) is 0 Å². The van der Waals surface area contributed by atoms with E-state index in [0.29, 0.717) is 12.3 Å². The minimum absolute atomic E-state index is 0.326. The number of pyridine rings is 2. The minimum atomic E-state index is -0.404. The van der Waals surface area contributed by atoms with Gasteiger partial charge in [-0.15, -0.1) is 0 Å². The van der Waals surface area contributed by atoms with Crippen LogP contribution in [0.3, 0.4) is 0 Å². The molecule has 4 nitrogen and oxygen atoms in total. The average Bonchev–Trinajstić information content (AvgIpc) is 2.28. The van der Waals surface area contributed by atoms with E-state index in [4.69, 9.17) is 4.74 Å². The topological polar surface area (TPSA) is 52.1 Å². The number of aryl methyl sites for hydroxylation is 1. The maximum atomic E-state index is 11.6. The number of nitrogens with zero attached hydrogens (tertiary/aromatic N) is 2. The molecule has 0 amide bonds. The summed E-state index contributed by atoms with van der Waals surface area (Å²) in [6.07, 6.45) is 1.57. The van der Waals surface area contributed by atoms with Crippen molar-refractivity contribution in [2.45, 2.75) is 13.8 Å². The summed E-state index contributed by atoms with van der Waals surface area (Å²) in [4.78, 5) is 20.0. The van der Waals surface area contributed by atoms with E-state index < -0.39 is 5.97 Å². The molecular weight excluding hydrogens is 204 g/mol. The Bertz CT molecular complexity index is 538.